The Morgan fingerprint density at radius 3 is 2.45 bits per heavy atom. The van der Waals surface area contributed by atoms with Crippen molar-refractivity contribution in [2.24, 2.45) is 11.8 Å². The molecule has 1 amide bonds. The summed E-state index contributed by atoms with van der Waals surface area (Å²) in [6, 6.07) is 9.68. The molecule has 3 aromatic rings. The van der Waals surface area contributed by atoms with Gasteiger partial charge in [0.2, 0.25) is 5.91 Å². The van der Waals surface area contributed by atoms with Gasteiger partial charge in [-0.3, -0.25) is 14.2 Å². The maximum Gasteiger partial charge on any atom is 0.333 e. The molecule has 0 aliphatic heterocycles. The Morgan fingerprint density at radius 1 is 1.09 bits per heavy atom. The highest BCUT2D eigenvalue weighted by atomic mass is 16.2. The standard InChI is InChI=1S/C25H33N5O3/c1-17(2)13-28-16-26-23-22(28)24(32)30(15-21(31)27-20-11-9-18(3)10-12-20)25(33)29(23)14-19-7-5-4-6-8-19/h4-8,16-18,20H,9-15H2,1-3H3,(H,27,31). The number of imidazole rings is 1. The van der Waals surface area contributed by atoms with Crippen molar-refractivity contribution in [3.63, 3.8) is 0 Å². The van der Waals surface area contributed by atoms with Crippen molar-refractivity contribution in [2.75, 3.05) is 0 Å². The highest BCUT2D eigenvalue weighted by Crippen LogP contribution is 2.23. The molecule has 4 rings (SSSR count). The molecule has 1 N–H and O–H groups in total. The van der Waals surface area contributed by atoms with E-state index in [1.807, 2.05) is 30.3 Å². The van der Waals surface area contributed by atoms with Crippen LogP contribution in [0.3, 0.4) is 0 Å². The third-order valence-corrected chi connectivity index (χ3v) is 6.41. The van der Waals surface area contributed by atoms with Crippen molar-refractivity contribution >= 4 is 17.1 Å². The number of carbonyl (C=O) groups is 1. The number of carbonyl (C=O) groups excluding carboxylic acids is 1. The molecule has 2 aromatic heterocycles. The first-order valence-electron chi connectivity index (χ1n) is 11.8. The van der Waals surface area contributed by atoms with Gasteiger partial charge in [0.05, 0.1) is 12.9 Å². The van der Waals surface area contributed by atoms with E-state index in [4.69, 9.17) is 0 Å². The van der Waals surface area contributed by atoms with Gasteiger partial charge in [-0.15, -0.1) is 0 Å². The number of hydrogen-bond donors (Lipinski definition) is 1. The fourth-order valence-electron chi connectivity index (χ4n) is 4.64. The summed E-state index contributed by atoms with van der Waals surface area (Å²) in [4.78, 5) is 44.1. The van der Waals surface area contributed by atoms with E-state index in [-0.39, 0.29) is 25.0 Å². The number of nitrogens with zero attached hydrogens (tertiary/aromatic N) is 4. The lowest BCUT2D eigenvalue weighted by Crippen LogP contribution is -2.46. The Morgan fingerprint density at radius 2 is 1.79 bits per heavy atom. The van der Waals surface area contributed by atoms with Crippen LogP contribution in [0.1, 0.15) is 52.0 Å². The third kappa shape index (κ3) is 5.10. The van der Waals surface area contributed by atoms with Gasteiger partial charge in [-0.1, -0.05) is 51.1 Å². The first-order valence-corrected chi connectivity index (χ1v) is 11.8. The molecule has 1 aliphatic rings. The van der Waals surface area contributed by atoms with Crippen molar-refractivity contribution in [3.8, 4) is 0 Å². The number of nitrogens with one attached hydrogen (secondary N) is 1. The smallest absolute Gasteiger partial charge is 0.333 e. The van der Waals surface area contributed by atoms with Crippen LogP contribution in [-0.2, 0) is 24.4 Å². The molecule has 0 saturated heterocycles. The number of hydrogen-bond acceptors (Lipinski definition) is 4. The Balaban J connectivity index is 1.72. The minimum absolute atomic E-state index is 0.103. The van der Waals surface area contributed by atoms with E-state index in [2.05, 4.69) is 31.1 Å². The zero-order chi connectivity index (χ0) is 23.5. The molecule has 1 aliphatic carbocycles. The average Bonchev–Trinajstić information content (AvgIpc) is 3.19. The summed E-state index contributed by atoms with van der Waals surface area (Å²) < 4.78 is 4.35. The van der Waals surface area contributed by atoms with Crippen LogP contribution < -0.4 is 16.6 Å². The molecule has 0 bridgehead atoms. The first kappa shape index (κ1) is 23.0. The van der Waals surface area contributed by atoms with Gasteiger partial charge in [-0.05, 0) is 43.1 Å². The van der Waals surface area contributed by atoms with Gasteiger partial charge >= 0.3 is 5.69 Å². The highest BCUT2D eigenvalue weighted by molar-refractivity contribution is 5.77. The molecule has 0 radical (unpaired) electrons. The normalized spacial score (nSPS) is 18.7. The first-order chi connectivity index (χ1) is 15.8. The van der Waals surface area contributed by atoms with Crippen LogP contribution in [0.5, 0.6) is 0 Å². The van der Waals surface area contributed by atoms with Crippen LogP contribution in [0.25, 0.3) is 11.2 Å². The molecule has 1 fully saturated rings. The lowest BCUT2D eigenvalue weighted by molar-refractivity contribution is -0.122. The lowest BCUT2D eigenvalue weighted by Gasteiger charge is -2.27. The molecule has 0 unspecified atom stereocenters. The Hall–Kier alpha value is -3.16. The highest BCUT2D eigenvalue weighted by Gasteiger charge is 2.23. The van der Waals surface area contributed by atoms with E-state index < -0.39 is 11.2 Å². The van der Waals surface area contributed by atoms with Gasteiger partial charge in [0.25, 0.3) is 5.56 Å². The largest absolute Gasteiger partial charge is 0.352 e. The molecule has 0 spiro atoms. The van der Waals surface area contributed by atoms with Crippen LogP contribution in [0.15, 0.2) is 46.2 Å². The zero-order valence-corrected chi connectivity index (χ0v) is 19.7. The van der Waals surface area contributed by atoms with Crippen molar-refractivity contribution in [1.82, 2.24) is 24.0 Å². The molecule has 176 valence electrons. The Labute approximate surface area is 193 Å². The summed E-state index contributed by atoms with van der Waals surface area (Å²) in [5.41, 5.74) is 0.652. The second-order valence-corrected chi connectivity index (χ2v) is 9.73. The third-order valence-electron chi connectivity index (χ3n) is 6.41. The van der Waals surface area contributed by atoms with E-state index in [9.17, 15) is 14.4 Å². The van der Waals surface area contributed by atoms with Crippen LogP contribution in [0, 0.1) is 11.8 Å². The van der Waals surface area contributed by atoms with E-state index >= 15 is 0 Å². The summed E-state index contributed by atoms with van der Waals surface area (Å²) >= 11 is 0. The lowest BCUT2D eigenvalue weighted by atomic mass is 9.87. The Kier molecular flexibility index (Phi) is 6.81. The second kappa shape index (κ2) is 9.77. The monoisotopic (exact) mass is 451 g/mol. The maximum absolute atomic E-state index is 13.4. The molecule has 0 atom stereocenters. The van der Waals surface area contributed by atoms with E-state index in [1.54, 1.807) is 10.9 Å². The predicted molar refractivity (Wildman–Crippen MR) is 128 cm³/mol. The number of fused-ring (bicyclic) bond motifs is 1. The summed E-state index contributed by atoms with van der Waals surface area (Å²) in [7, 11) is 0. The molecule has 1 aromatic carbocycles. The number of aromatic nitrogens is 4. The molecular weight excluding hydrogens is 418 g/mol. The molecule has 2 heterocycles. The van der Waals surface area contributed by atoms with Crippen molar-refractivity contribution < 1.29 is 4.79 Å². The molecular formula is C25H33N5O3. The minimum Gasteiger partial charge on any atom is -0.352 e. The van der Waals surface area contributed by atoms with Gasteiger partial charge < -0.3 is 9.88 Å². The zero-order valence-electron chi connectivity index (χ0n) is 19.7. The van der Waals surface area contributed by atoms with Gasteiger partial charge in [0.15, 0.2) is 11.2 Å². The Bertz CT molecular complexity index is 1230. The van der Waals surface area contributed by atoms with E-state index in [0.29, 0.717) is 29.5 Å². The van der Waals surface area contributed by atoms with Crippen molar-refractivity contribution in [1.29, 1.82) is 0 Å². The minimum atomic E-state index is -0.515. The second-order valence-electron chi connectivity index (χ2n) is 9.73. The van der Waals surface area contributed by atoms with E-state index in [1.165, 1.54) is 4.57 Å². The van der Waals surface area contributed by atoms with E-state index in [0.717, 1.165) is 35.8 Å². The predicted octanol–water partition coefficient (Wildman–Crippen LogP) is 2.76. The van der Waals surface area contributed by atoms with Gasteiger partial charge in [0.1, 0.15) is 6.54 Å². The summed E-state index contributed by atoms with van der Waals surface area (Å²) in [6.45, 7) is 6.92. The van der Waals surface area contributed by atoms with Gasteiger partial charge in [-0.25, -0.2) is 14.3 Å². The number of benzene rings is 1. The number of rotatable bonds is 7. The molecule has 8 nitrogen and oxygen atoms in total. The van der Waals surface area contributed by atoms with Crippen LogP contribution in [-0.4, -0.2) is 30.6 Å². The number of amides is 1. The summed E-state index contributed by atoms with van der Waals surface area (Å²) in [5, 5.41) is 3.03. The molecule has 1 saturated carbocycles. The fraction of sp³-hybridized carbons (Fsp3) is 0.520. The van der Waals surface area contributed by atoms with Gasteiger partial charge in [0, 0.05) is 12.6 Å². The maximum atomic E-state index is 13.4. The van der Waals surface area contributed by atoms with Crippen LogP contribution in [0.2, 0.25) is 0 Å². The average molecular weight is 452 g/mol. The summed E-state index contributed by atoms with van der Waals surface area (Å²) in [6.07, 6.45) is 5.63. The van der Waals surface area contributed by atoms with Crippen molar-refractivity contribution in [2.45, 2.75) is 72.1 Å². The molecule has 33 heavy (non-hydrogen) atoms. The fourth-order valence-corrected chi connectivity index (χ4v) is 4.64. The van der Waals surface area contributed by atoms with Crippen molar-refractivity contribution in [3.05, 3.63) is 63.1 Å². The summed E-state index contributed by atoms with van der Waals surface area (Å²) in [5.74, 6) is 0.672. The topological polar surface area (TPSA) is 90.9 Å². The van der Waals surface area contributed by atoms with Crippen LogP contribution in [0.4, 0.5) is 0 Å². The quantitative estimate of drug-likeness (QED) is 0.598. The molecule has 8 heteroatoms. The van der Waals surface area contributed by atoms with Crippen LogP contribution >= 0.6 is 0 Å². The van der Waals surface area contributed by atoms with Gasteiger partial charge in [-0.2, -0.15) is 0 Å². The SMILES string of the molecule is CC(C)Cn1cnc2c1c(=O)n(CC(=O)NC1CCC(C)CC1)c(=O)n2Cc1ccccc1.